The van der Waals surface area contributed by atoms with E-state index in [1.54, 1.807) is 7.11 Å². The van der Waals surface area contributed by atoms with Gasteiger partial charge in [-0.05, 0) is 56.8 Å². The number of phenols is 1. The average Bonchev–Trinajstić information content (AvgIpc) is 2.52. The van der Waals surface area contributed by atoms with Crippen LogP contribution in [0.15, 0.2) is 27.2 Å². The number of phenolic OH excluding ortho intramolecular Hbond substituents is 1. The summed E-state index contributed by atoms with van der Waals surface area (Å²) in [6.07, 6.45) is 0.874. The molecule has 6 heteroatoms. The Hall–Kier alpha value is -0.560. The van der Waals surface area contributed by atoms with Gasteiger partial charge in [0.05, 0.1) is 11.6 Å². The van der Waals surface area contributed by atoms with Gasteiger partial charge in [0.2, 0.25) is 0 Å². The van der Waals surface area contributed by atoms with Crippen molar-refractivity contribution in [3.63, 3.8) is 0 Å². The van der Waals surface area contributed by atoms with E-state index < -0.39 is 0 Å². The Morgan fingerprint density at radius 2 is 2.05 bits per heavy atom. The van der Waals surface area contributed by atoms with Crippen LogP contribution in [0.1, 0.15) is 24.9 Å². The second-order valence-electron chi connectivity index (χ2n) is 5.61. The van der Waals surface area contributed by atoms with E-state index in [1.165, 1.54) is 0 Å². The summed E-state index contributed by atoms with van der Waals surface area (Å²) >= 11 is 7.07. The number of rotatable bonds is 5. The molecule has 0 aromatic heterocycles. The van der Waals surface area contributed by atoms with Gasteiger partial charge in [-0.15, -0.1) is 6.58 Å². The van der Waals surface area contributed by atoms with Gasteiger partial charge in [0.1, 0.15) is 0 Å². The summed E-state index contributed by atoms with van der Waals surface area (Å²) in [5.74, 6) is 0.597. The fourth-order valence-electron chi connectivity index (χ4n) is 2.77. The lowest BCUT2D eigenvalue weighted by molar-refractivity contribution is 0.171. The van der Waals surface area contributed by atoms with E-state index in [0.29, 0.717) is 10.2 Å². The number of ether oxygens (including phenoxy) is 1. The molecule has 0 unspecified atom stereocenters. The van der Waals surface area contributed by atoms with Crippen LogP contribution in [0, 0.1) is 0 Å². The molecule has 1 aliphatic rings. The highest BCUT2D eigenvalue weighted by Gasteiger charge is 2.27. The maximum atomic E-state index is 10.1. The molecule has 0 radical (unpaired) electrons. The lowest BCUT2D eigenvalue weighted by atomic mass is 9.97. The van der Waals surface area contributed by atoms with Crippen molar-refractivity contribution in [1.82, 2.24) is 10.2 Å². The second kappa shape index (κ2) is 7.81. The predicted octanol–water partition coefficient (Wildman–Crippen LogP) is 3.84. The second-order valence-corrected chi connectivity index (χ2v) is 7.19. The molecule has 0 bridgehead atoms. The molecule has 22 heavy (non-hydrogen) atoms. The molecule has 4 nitrogen and oxygen atoms in total. The van der Waals surface area contributed by atoms with Crippen molar-refractivity contribution in [1.29, 1.82) is 0 Å². The number of aromatic hydroxyl groups is 1. The van der Waals surface area contributed by atoms with Crippen LogP contribution in [-0.4, -0.2) is 43.3 Å². The molecule has 0 aliphatic carbocycles. The van der Waals surface area contributed by atoms with Gasteiger partial charge in [0.25, 0.3) is 0 Å². The van der Waals surface area contributed by atoms with Crippen molar-refractivity contribution in [3.8, 4) is 11.5 Å². The quantitative estimate of drug-likeness (QED) is 0.692. The summed E-state index contributed by atoms with van der Waals surface area (Å²) in [5, 5.41) is 13.5. The van der Waals surface area contributed by atoms with Crippen LogP contribution < -0.4 is 10.1 Å². The average molecular weight is 434 g/mol. The first kappa shape index (κ1) is 17.8. The molecule has 0 spiro atoms. The number of hydrogen-bond donors (Lipinski definition) is 2. The fraction of sp³-hybridized carbons (Fsp3) is 0.500. The van der Waals surface area contributed by atoms with Crippen molar-refractivity contribution in [2.45, 2.75) is 19.4 Å². The van der Waals surface area contributed by atoms with Crippen LogP contribution >= 0.6 is 31.9 Å². The van der Waals surface area contributed by atoms with Gasteiger partial charge in [-0.2, -0.15) is 0 Å². The Kier molecular flexibility index (Phi) is 6.32. The third-order valence-corrected chi connectivity index (χ3v) is 6.05. The highest BCUT2D eigenvalue weighted by molar-refractivity contribution is 9.13. The van der Waals surface area contributed by atoms with Crippen LogP contribution in [-0.2, 0) is 0 Å². The molecule has 0 saturated carbocycles. The minimum atomic E-state index is 0.118. The van der Waals surface area contributed by atoms with Crippen molar-refractivity contribution in [2.75, 3.05) is 33.3 Å². The van der Waals surface area contributed by atoms with Gasteiger partial charge in [0, 0.05) is 36.7 Å². The number of piperazine rings is 1. The number of nitrogens with zero attached hydrogens (tertiary/aromatic N) is 1. The molecule has 2 rings (SSSR count). The maximum absolute atomic E-state index is 10.1. The van der Waals surface area contributed by atoms with E-state index in [0.717, 1.165) is 48.2 Å². The third kappa shape index (κ3) is 3.85. The van der Waals surface area contributed by atoms with Gasteiger partial charge in [-0.25, -0.2) is 0 Å². The van der Waals surface area contributed by atoms with Crippen molar-refractivity contribution in [2.24, 2.45) is 0 Å². The van der Waals surface area contributed by atoms with E-state index >= 15 is 0 Å². The SMILES string of the molecule is C=C(C)C[C@H](c1cc(OC)c(O)c(Br)c1Br)N1CCNCC1. The minimum Gasteiger partial charge on any atom is -0.503 e. The number of halogens is 2. The lowest BCUT2D eigenvalue weighted by Gasteiger charge is -2.36. The summed E-state index contributed by atoms with van der Waals surface area (Å²) < 4.78 is 6.81. The van der Waals surface area contributed by atoms with Gasteiger partial charge in [0.15, 0.2) is 11.5 Å². The third-order valence-electron chi connectivity index (χ3n) is 3.89. The Morgan fingerprint density at radius 3 is 2.59 bits per heavy atom. The van der Waals surface area contributed by atoms with E-state index in [2.05, 4.69) is 55.6 Å². The van der Waals surface area contributed by atoms with Crippen molar-refractivity contribution in [3.05, 3.63) is 32.7 Å². The zero-order chi connectivity index (χ0) is 16.3. The Bertz CT molecular complexity index is 558. The van der Waals surface area contributed by atoms with Crippen LogP contribution in [0.3, 0.4) is 0 Å². The van der Waals surface area contributed by atoms with Crippen LogP contribution in [0.5, 0.6) is 11.5 Å². The lowest BCUT2D eigenvalue weighted by Crippen LogP contribution is -2.45. The molecule has 1 atom stereocenters. The van der Waals surface area contributed by atoms with E-state index in [9.17, 15) is 5.11 Å². The van der Waals surface area contributed by atoms with Gasteiger partial charge in [-0.3, -0.25) is 4.90 Å². The Balaban J connectivity index is 2.46. The summed E-state index contributed by atoms with van der Waals surface area (Å²) in [6, 6.07) is 2.12. The zero-order valence-electron chi connectivity index (χ0n) is 13.0. The van der Waals surface area contributed by atoms with Crippen molar-refractivity contribution >= 4 is 31.9 Å². The largest absolute Gasteiger partial charge is 0.503 e. The maximum Gasteiger partial charge on any atom is 0.173 e. The van der Waals surface area contributed by atoms with Crippen LogP contribution in [0.4, 0.5) is 0 Å². The van der Waals surface area contributed by atoms with Gasteiger partial charge in [-0.1, -0.05) is 5.57 Å². The normalized spacial score (nSPS) is 17.3. The molecular formula is C16H22Br2N2O2. The predicted molar refractivity (Wildman–Crippen MR) is 96.7 cm³/mol. The summed E-state index contributed by atoms with van der Waals surface area (Å²) in [5.41, 5.74) is 2.24. The first-order valence-corrected chi connectivity index (χ1v) is 8.88. The zero-order valence-corrected chi connectivity index (χ0v) is 16.1. The van der Waals surface area contributed by atoms with Crippen molar-refractivity contribution < 1.29 is 9.84 Å². The molecule has 2 N–H and O–H groups in total. The van der Waals surface area contributed by atoms with Crippen LogP contribution in [0.2, 0.25) is 0 Å². The molecule has 1 fully saturated rings. The first-order valence-electron chi connectivity index (χ1n) is 7.29. The Morgan fingerprint density at radius 1 is 1.41 bits per heavy atom. The number of benzene rings is 1. The Labute approximate surface area is 148 Å². The van der Waals surface area contributed by atoms with Crippen LogP contribution in [0.25, 0.3) is 0 Å². The number of hydrogen-bond acceptors (Lipinski definition) is 4. The molecule has 1 aromatic rings. The van der Waals surface area contributed by atoms with E-state index in [4.69, 9.17) is 4.74 Å². The van der Waals surface area contributed by atoms with E-state index in [-0.39, 0.29) is 11.8 Å². The molecule has 1 saturated heterocycles. The van der Waals surface area contributed by atoms with Gasteiger partial charge < -0.3 is 15.2 Å². The monoisotopic (exact) mass is 432 g/mol. The number of methoxy groups -OCH3 is 1. The van der Waals surface area contributed by atoms with Gasteiger partial charge >= 0.3 is 0 Å². The highest BCUT2D eigenvalue weighted by Crippen LogP contribution is 2.45. The standard InChI is InChI=1S/C16H22Br2N2O2/c1-10(2)8-12(20-6-4-19-5-7-20)11-9-13(22-3)16(21)15(18)14(11)17/h9,12,19,21H,1,4-8H2,2-3H3/t12-/m1/s1. The van der Waals surface area contributed by atoms with E-state index in [1.807, 2.05) is 6.07 Å². The molecule has 122 valence electrons. The first-order chi connectivity index (χ1) is 10.5. The smallest absolute Gasteiger partial charge is 0.173 e. The number of nitrogens with one attached hydrogen (secondary N) is 1. The summed E-state index contributed by atoms with van der Waals surface area (Å²) in [4.78, 5) is 2.45. The topological polar surface area (TPSA) is 44.7 Å². The highest BCUT2D eigenvalue weighted by atomic mass is 79.9. The molecular weight excluding hydrogens is 412 g/mol. The summed E-state index contributed by atoms with van der Waals surface area (Å²) in [7, 11) is 1.57. The summed E-state index contributed by atoms with van der Waals surface area (Å²) in [6.45, 7) is 10.1. The minimum absolute atomic E-state index is 0.118. The molecule has 0 amide bonds. The molecule has 1 aromatic carbocycles. The fourth-order valence-corrected chi connectivity index (χ4v) is 3.76. The molecule has 1 heterocycles. The molecule has 1 aliphatic heterocycles.